The van der Waals surface area contributed by atoms with E-state index in [1.54, 1.807) is 6.07 Å². The van der Waals surface area contributed by atoms with Gasteiger partial charge in [0, 0.05) is 48.5 Å². The molecule has 0 bridgehead atoms. The van der Waals surface area contributed by atoms with Crippen LogP contribution in [-0.4, -0.2) is 30.7 Å². The van der Waals surface area contributed by atoms with E-state index >= 15 is 0 Å². The lowest BCUT2D eigenvalue weighted by molar-refractivity contribution is -0.137. The molecule has 0 spiro atoms. The maximum Gasteiger partial charge on any atom is 0.416 e. The van der Waals surface area contributed by atoms with Crippen LogP contribution in [0.2, 0.25) is 0 Å². The van der Waals surface area contributed by atoms with Crippen molar-refractivity contribution in [1.29, 1.82) is 0 Å². The van der Waals surface area contributed by atoms with Crippen LogP contribution in [0.5, 0.6) is 0 Å². The molecule has 1 saturated heterocycles. The molecule has 4 rings (SSSR count). The molecule has 1 fully saturated rings. The number of nitrogens with one attached hydrogen (secondary N) is 2. The van der Waals surface area contributed by atoms with Crippen molar-refractivity contribution in [2.45, 2.75) is 18.6 Å². The van der Waals surface area contributed by atoms with E-state index in [0.717, 1.165) is 42.3 Å². The molecule has 0 aliphatic carbocycles. The largest absolute Gasteiger partial charge is 0.416 e. The Morgan fingerprint density at radius 3 is 2.81 bits per heavy atom. The molecule has 1 unspecified atom stereocenters. The van der Waals surface area contributed by atoms with Crippen LogP contribution in [0.4, 0.5) is 18.9 Å². The number of H-pyrrole nitrogens is 1. The highest BCUT2D eigenvalue weighted by Gasteiger charge is 2.31. The minimum Gasteiger partial charge on any atom is -0.366 e. The van der Waals surface area contributed by atoms with Crippen molar-refractivity contribution in [3.8, 4) is 0 Å². The van der Waals surface area contributed by atoms with Crippen LogP contribution in [0.3, 0.4) is 0 Å². The third-order valence-electron chi connectivity index (χ3n) is 4.94. The predicted octanol–water partition coefficient (Wildman–Crippen LogP) is 4.21. The van der Waals surface area contributed by atoms with Crippen LogP contribution in [0.15, 0.2) is 54.7 Å². The number of piperazine rings is 1. The van der Waals surface area contributed by atoms with E-state index in [9.17, 15) is 13.2 Å². The van der Waals surface area contributed by atoms with Gasteiger partial charge in [0.15, 0.2) is 0 Å². The Morgan fingerprint density at radius 1 is 1.08 bits per heavy atom. The van der Waals surface area contributed by atoms with Gasteiger partial charge in [0.1, 0.15) is 0 Å². The number of benzene rings is 2. The van der Waals surface area contributed by atoms with Crippen molar-refractivity contribution in [3.63, 3.8) is 0 Å². The SMILES string of the molecule is FC(F)(F)c1cccc(CC2CNCCN2c2ccc3[nH]ccc3c2)c1. The first-order valence-electron chi connectivity index (χ1n) is 8.71. The molecule has 1 aliphatic heterocycles. The van der Waals surface area contributed by atoms with E-state index < -0.39 is 11.7 Å². The minimum absolute atomic E-state index is 0.114. The van der Waals surface area contributed by atoms with E-state index in [1.165, 1.54) is 12.1 Å². The standard InChI is InChI=1S/C20H20F3N3/c21-20(22,23)16-3-1-2-14(10-16)11-18-13-24-8-9-26(18)17-4-5-19-15(12-17)6-7-25-19/h1-7,10,12,18,24-25H,8-9,11,13H2. The number of nitrogens with zero attached hydrogens (tertiary/aromatic N) is 1. The lowest BCUT2D eigenvalue weighted by Gasteiger charge is -2.38. The minimum atomic E-state index is -4.31. The van der Waals surface area contributed by atoms with E-state index in [2.05, 4.69) is 27.3 Å². The third kappa shape index (κ3) is 3.42. The normalized spacial score (nSPS) is 18.4. The summed E-state index contributed by atoms with van der Waals surface area (Å²) >= 11 is 0. The van der Waals surface area contributed by atoms with Gasteiger partial charge in [0.2, 0.25) is 0 Å². The fourth-order valence-corrected chi connectivity index (χ4v) is 3.65. The van der Waals surface area contributed by atoms with Crippen molar-refractivity contribution < 1.29 is 13.2 Å². The van der Waals surface area contributed by atoms with E-state index in [0.29, 0.717) is 12.0 Å². The monoisotopic (exact) mass is 359 g/mol. The Morgan fingerprint density at radius 2 is 1.96 bits per heavy atom. The molecule has 0 saturated carbocycles. The smallest absolute Gasteiger partial charge is 0.366 e. The van der Waals surface area contributed by atoms with Gasteiger partial charge >= 0.3 is 6.18 Å². The highest BCUT2D eigenvalue weighted by molar-refractivity contribution is 5.83. The highest BCUT2D eigenvalue weighted by Crippen LogP contribution is 2.30. The van der Waals surface area contributed by atoms with Gasteiger partial charge in [0.05, 0.1) is 5.56 Å². The van der Waals surface area contributed by atoms with Crippen LogP contribution < -0.4 is 10.2 Å². The van der Waals surface area contributed by atoms with Gasteiger partial charge in [-0.25, -0.2) is 0 Å². The number of hydrogen-bond acceptors (Lipinski definition) is 2. The van der Waals surface area contributed by atoms with Gasteiger partial charge in [-0.15, -0.1) is 0 Å². The van der Waals surface area contributed by atoms with Crippen molar-refractivity contribution in [2.24, 2.45) is 0 Å². The van der Waals surface area contributed by atoms with Crippen molar-refractivity contribution in [3.05, 3.63) is 65.9 Å². The third-order valence-corrected chi connectivity index (χ3v) is 4.94. The summed E-state index contributed by atoms with van der Waals surface area (Å²) in [6.07, 6.45) is -1.83. The van der Waals surface area contributed by atoms with Gasteiger partial charge in [0.25, 0.3) is 0 Å². The number of aromatic amines is 1. The van der Waals surface area contributed by atoms with Crippen molar-refractivity contribution in [2.75, 3.05) is 24.5 Å². The summed E-state index contributed by atoms with van der Waals surface area (Å²) in [7, 11) is 0. The van der Waals surface area contributed by atoms with E-state index in [4.69, 9.17) is 0 Å². The summed E-state index contributed by atoms with van der Waals surface area (Å²) in [5.74, 6) is 0. The van der Waals surface area contributed by atoms with Crippen LogP contribution >= 0.6 is 0 Å². The molecule has 6 heteroatoms. The zero-order chi connectivity index (χ0) is 18.1. The first-order valence-corrected chi connectivity index (χ1v) is 8.71. The highest BCUT2D eigenvalue weighted by atomic mass is 19.4. The predicted molar refractivity (Wildman–Crippen MR) is 97.5 cm³/mol. The van der Waals surface area contributed by atoms with E-state index in [-0.39, 0.29) is 6.04 Å². The van der Waals surface area contributed by atoms with Crippen LogP contribution in [0.1, 0.15) is 11.1 Å². The first-order chi connectivity index (χ1) is 12.5. The van der Waals surface area contributed by atoms with Crippen LogP contribution in [-0.2, 0) is 12.6 Å². The molecule has 1 aliphatic rings. The van der Waals surface area contributed by atoms with Crippen molar-refractivity contribution >= 4 is 16.6 Å². The fourth-order valence-electron chi connectivity index (χ4n) is 3.65. The number of anilines is 1. The van der Waals surface area contributed by atoms with E-state index in [1.807, 2.05) is 18.3 Å². The Kier molecular flexibility index (Phi) is 4.36. The maximum absolute atomic E-state index is 13.0. The molecule has 3 aromatic rings. The quantitative estimate of drug-likeness (QED) is 0.734. The number of halogens is 3. The van der Waals surface area contributed by atoms with Crippen LogP contribution in [0, 0.1) is 0 Å². The van der Waals surface area contributed by atoms with Crippen molar-refractivity contribution in [1.82, 2.24) is 10.3 Å². The molecule has 1 aromatic heterocycles. The molecule has 0 amide bonds. The first kappa shape index (κ1) is 17.0. The Bertz CT molecular complexity index is 900. The molecular formula is C20H20F3N3. The zero-order valence-electron chi connectivity index (χ0n) is 14.2. The summed E-state index contributed by atoms with van der Waals surface area (Å²) in [6.45, 7) is 2.45. The number of hydrogen-bond donors (Lipinski definition) is 2. The second-order valence-corrected chi connectivity index (χ2v) is 6.70. The zero-order valence-corrected chi connectivity index (χ0v) is 14.2. The molecule has 2 aromatic carbocycles. The number of fused-ring (bicyclic) bond motifs is 1. The molecule has 2 N–H and O–H groups in total. The molecule has 1 atom stereocenters. The average Bonchev–Trinajstić information content (AvgIpc) is 3.09. The molecule has 3 nitrogen and oxygen atoms in total. The lowest BCUT2D eigenvalue weighted by atomic mass is 10.00. The fraction of sp³-hybridized carbons (Fsp3) is 0.300. The summed E-state index contributed by atoms with van der Waals surface area (Å²) in [5.41, 5.74) is 2.31. The van der Waals surface area contributed by atoms with Gasteiger partial charge in [-0.1, -0.05) is 18.2 Å². The molecule has 2 heterocycles. The summed E-state index contributed by atoms with van der Waals surface area (Å²) in [6, 6.07) is 14.1. The molecule has 26 heavy (non-hydrogen) atoms. The molecule has 0 radical (unpaired) electrons. The second-order valence-electron chi connectivity index (χ2n) is 6.70. The average molecular weight is 359 g/mol. The maximum atomic E-state index is 13.0. The Balaban J connectivity index is 1.59. The van der Waals surface area contributed by atoms with Gasteiger partial charge in [-0.05, 0) is 42.3 Å². The van der Waals surface area contributed by atoms with Gasteiger partial charge in [-0.2, -0.15) is 13.2 Å². The summed E-state index contributed by atoms with van der Waals surface area (Å²) in [4.78, 5) is 5.48. The number of alkyl halides is 3. The Hall–Kier alpha value is -2.47. The summed E-state index contributed by atoms with van der Waals surface area (Å²) < 4.78 is 38.9. The van der Waals surface area contributed by atoms with Gasteiger partial charge < -0.3 is 15.2 Å². The number of rotatable bonds is 3. The van der Waals surface area contributed by atoms with Crippen LogP contribution in [0.25, 0.3) is 10.9 Å². The topological polar surface area (TPSA) is 31.1 Å². The Labute approximate surface area is 149 Å². The lowest BCUT2D eigenvalue weighted by Crippen LogP contribution is -2.52. The van der Waals surface area contributed by atoms with Gasteiger partial charge in [-0.3, -0.25) is 0 Å². The second kappa shape index (κ2) is 6.68. The molecular weight excluding hydrogens is 339 g/mol. The number of aromatic nitrogens is 1. The summed E-state index contributed by atoms with van der Waals surface area (Å²) in [5, 5.41) is 4.50. The molecule has 136 valence electrons.